The molecule has 2 aromatic rings. The third-order valence-electron chi connectivity index (χ3n) is 3.37. The monoisotopic (exact) mass is 348 g/mol. The molecule has 8 heteroatoms. The molecule has 0 aliphatic heterocycles. The van der Waals surface area contributed by atoms with Gasteiger partial charge >= 0.3 is 12.1 Å². The first kappa shape index (κ1) is 18.1. The highest BCUT2D eigenvalue weighted by molar-refractivity contribution is 6.04. The smallest absolute Gasteiger partial charge is 0.417 e. The molecule has 0 fully saturated rings. The molecule has 1 unspecified atom stereocenters. The number of halogens is 3. The maximum absolute atomic E-state index is 12.6. The Hall–Kier alpha value is -3.21. The summed E-state index contributed by atoms with van der Waals surface area (Å²) >= 11 is 0. The van der Waals surface area contributed by atoms with Crippen LogP contribution in [0.15, 0.2) is 42.6 Å². The quantitative estimate of drug-likeness (QED) is 0.625. The standard InChI is InChI=1S/C17H11F3N2O3/c1-25-16(24)11-4-2-3-10(7-11)15(23)13(8-21)14-6-5-12(9-22-14)17(18,19)20/h2-7,9,13H,1H3. The van der Waals surface area contributed by atoms with E-state index in [1.54, 1.807) is 6.07 Å². The van der Waals surface area contributed by atoms with Crippen molar-refractivity contribution in [3.8, 4) is 6.07 Å². The minimum atomic E-state index is -4.56. The van der Waals surface area contributed by atoms with Gasteiger partial charge in [-0.25, -0.2) is 4.79 Å². The fourth-order valence-electron chi connectivity index (χ4n) is 2.09. The molecular formula is C17H11F3N2O3. The number of ether oxygens (including phenoxy) is 1. The minimum Gasteiger partial charge on any atom is -0.465 e. The molecule has 2 rings (SSSR count). The summed E-state index contributed by atoms with van der Waals surface area (Å²) in [4.78, 5) is 27.6. The molecule has 1 heterocycles. The predicted octanol–water partition coefficient (Wildman–Crippen LogP) is 3.38. The predicted molar refractivity (Wildman–Crippen MR) is 79.7 cm³/mol. The Labute approximate surface area is 140 Å². The highest BCUT2D eigenvalue weighted by Gasteiger charge is 2.32. The summed E-state index contributed by atoms with van der Waals surface area (Å²) in [7, 11) is 1.18. The van der Waals surface area contributed by atoms with Crippen LogP contribution in [0, 0.1) is 11.3 Å². The van der Waals surface area contributed by atoms with Gasteiger partial charge in [-0.05, 0) is 24.3 Å². The van der Waals surface area contributed by atoms with E-state index in [0.717, 1.165) is 12.1 Å². The Balaban J connectivity index is 2.33. The third-order valence-corrected chi connectivity index (χ3v) is 3.37. The van der Waals surface area contributed by atoms with Crippen molar-refractivity contribution in [1.82, 2.24) is 4.98 Å². The second kappa shape index (κ2) is 7.13. The summed E-state index contributed by atoms with van der Waals surface area (Å²) in [6.45, 7) is 0. The van der Waals surface area contributed by atoms with Crippen molar-refractivity contribution in [1.29, 1.82) is 5.26 Å². The zero-order chi connectivity index (χ0) is 18.6. The van der Waals surface area contributed by atoms with Crippen LogP contribution in [0.25, 0.3) is 0 Å². The molecule has 0 bridgehead atoms. The Bertz CT molecular complexity index is 839. The molecule has 0 aliphatic rings. The lowest BCUT2D eigenvalue weighted by Crippen LogP contribution is -2.14. The van der Waals surface area contributed by atoms with Gasteiger partial charge in [-0.2, -0.15) is 18.4 Å². The first-order valence-corrected chi connectivity index (χ1v) is 6.93. The van der Waals surface area contributed by atoms with E-state index in [9.17, 15) is 28.0 Å². The third kappa shape index (κ3) is 4.01. The topological polar surface area (TPSA) is 80.0 Å². The van der Waals surface area contributed by atoms with Gasteiger partial charge in [-0.15, -0.1) is 0 Å². The largest absolute Gasteiger partial charge is 0.465 e. The number of benzene rings is 1. The summed E-state index contributed by atoms with van der Waals surface area (Å²) in [6.07, 6.45) is -4.00. The van der Waals surface area contributed by atoms with Crippen molar-refractivity contribution in [2.75, 3.05) is 7.11 Å². The number of alkyl halides is 3. The molecule has 5 nitrogen and oxygen atoms in total. The number of nitriles is 1. The van der Waals surface area contributed by atoms with Gasteiger partial charge in [0.15, 0.2) is 11.7 Å². The number of pyridine rings is 1. The number of nitrogens with zero attached hydrogens (tertiary/aromatic N) is 2. The average molecular weight is 348 g/mol. The lowest BCUT2D eigenvalue weighted by atomic mass is 9.94. The first-order chi connectivity index (χ1) is 11.8. The second-order valence-corrected chi connectivity index (χ2v) is 4.97. The number of hydrogen-bond acceptors (Lipinski definition) is 5. The molecule has 0 amide bonds. The van der Waals surface area contributed by atoms with Crippen molar-refractivity contribution in [2.45, 2.75) is 12.1 Å². The Kier molecular flexibility index (Phi) is 5.17. The van der Waals surface area contributed by atoms with E-state index < -0.39 is 29.4 Å². The van der Waals surface area contributed by atoms with Crippen LogP contribution in [0.4, 0.5) is 13.2 Å². The van der Waals surface area contributed by atoms with E-state index in [1.807, 2.05) is 0 Å². The lowest BCUT2D eigenvalue weighted by Gasteiger charge is -2.11. The average Bonchev–Trinajstić information content (AvgIpc) is 2.61. The van der Waals surface area contributed by atoms with Gasteiger partial charge in [0, 0.05) is 11.8 Å². The van der Waals surface area contributed by atoms with Gasteiger partial charge in [0.2, 0.25) is 0 Å². The normalized spacial score (nSPS) is 12.1. The van der Waals surface area contributed by atoms with Crippen LogP contribution < -0.4 is 0 Å². The summed E-state index contributed by atoms with van der Waals surface area (Å²) < 4.78 is 42.2. The van der Waals surface area contributed by atoms with Crippen molar-refractivity contribution in [2.24, 2.45) is 0 Å². The fraction of sp³-hybridized carbons (Fsp3) is 0.176. The maximum Gasteiger partial charge on any atom is 0.417 e. The number of Topliss-reactive ketones (excluding diaryl/α,β-unsaturated/α-hetero) is 1. The Morgan fingerprint density at radius 3 is 2.40 bits per heavy atom. The molecule has 0 aliphatic carbocycles. The number of methoxy groups -OCH3 is 1. The van der Waals surface area contributed by atoms with E-state index >= 15 is 0 Å². The van der Waals surface area contributed by atoms with E-state index in [1.165, 1.54) is 31.4 Å². The highest BCUT2D eigenvalue weighted by atomic mass is 19.4. The number of hydrogen-bond donors (Lipinski definition) is 0. The molecule has 0 N–H and O–H groups in total. The number of esters is 1. The van der Waals surface area contributed by atoms with Crippen LogP contribution in [-0.2, 0) is 10.9 Å². The van der Waals surface area contributed by atoms with Crippen molar-refractivity contribution < 1.29 is 27.5 Å². The Morgan fingerprint density at radius 2 is 1.88 bits per heavy atom. The van der Waals surface area contributed by atoms with Gasteiger partial charge in [0.1, 0.15) is 0 Å². The molecule has 1 aromatic carbocycles. The van der Waals surface area contributed by atoms with Crippen LogP contribution >= 0.6 is 0 Å². The van der Waals surface area contributed by atoms with Gasteiger partial charge < -0.3 is 4.74 Å². The van der Waals surface area contributed by atoms with Crippen LogP contribution in [-0.4, -0.2) is 23.8 Å². The summed E-state index contributed by atoms with van der Waals surface area (Å²) in [5.41, 5.74) is -0.918. The maximum atomic E-state index is 12.6. The molecule has 0 saturated carbocycles. The fourth-order valence-corrected chi connectivity index (χ4v) is 2.09. The number of aromatic nitrogens is 1. The van der Waals surface area contributed by atoms with Crippen LogP contribution in [0.2, 0.25) is 0 Å². The minimum absolute atomic E-state index is 0.0520. The van der Waals surface area contributed by atoms with Gasteiger partial charge in [-0.3, -0.25) is 9.78 Å². The zero-order valence-electron chi connectivity index (χ0n) is 12.9. The van der Waals surface area contributed by atoms with E-state index in [2.05, 4.69) is 9.72 Å². The molecular weight excluding hydrogens is 337 g/mol. The van der Waals surface area contributed by atoms with E-state index in [-0.39, 0.29) is 16.8 Å². The van der Waals surface area contributed by atoms with Gasteiger partial charge in [0.25, 0.3) is 0 Å². The van der Waals surface area contributed by atoms with Crippen LogP contribution in [0.3, 0.4) is 0 Å². The number of carbonyl (C=O) groups excluding carboxylic acids is 2. The highest BCUT2D eigenvalue weighted by Crippen LogP contribution is 2.29. The molecule has 0 saturated heterocycles. The van der Waals surface area contributed by atoms with E-state index in [0.29, 0.717) is 6.20 Å². The number of carbonyl (C=O) groups is 2. The number of ketones is 1. The van der Waals surface area contributed by atoms with E-state index in [4.69, 9.17) is 0 Å². The zero-order valence-corrected chi connectivity index (χ0v) is 12.9. The molecule has 0 spiro atoms. The summed E-state index contributed by atoms with van der Waals surface area (Å²) in [6, 6.07) is 8.98. The van der Waals surface area contributed by atoms with Gasteiger partial charge in [-0.1, -0.05) is 12.1 Å². The summed E-state index contributed by atoms with van der Waals surface area (Å²) in [5, 5.41) is 9.24. The van der Waals surface area contributed by atoms with Crippen molar-refractivity contribution >= 4 is 11.8 Å². The van der Waals surface area contributed by atoms with Crippen LogP contribution in [0.5, 0.6) is 0 Å². The van der Waals surface area contributed by atoms with Crippen molar-refractivity contribution in [3.63, 3.8) is 0 Å². The summed E-state index contributed by atoms with van der Waals surface area (Å²) in [5.74, 6) is -2.73. The Morgan fingerprint density at radius 1 is 1.20 bits per heavy atom. The van der Waals surface area contributed by atoms with Gasteiger partial charge in [0.05, 0.1) is 30.0 Å². The number of rotatable bonds is 4. The van der Waals surface area contributed by atoms with Crippen LogP contribution in [0.1, 0.15) is 37.9 Å². The molecule has 25 heavy (non-hydrogen) atoms. The SMILES string of the molecule is COC(=O)c1cccc(C(=O)C(C#N)c2ccc(C(F)(F)F)cn2)c1. The molecule has 1 aromatic heterocycles. The second-order valence-electron chi connectivity index (χ2n) is 4.97. The first-order valence-electron chi connectivity index (χ1n) is 6.93. The molecule has 128 valence electrons. The lowest BCUT2D eigenvalue weighted by molar-refractivity contribution is -0.137. The molecule has 1 atom stereocenters. The molecule has 0 radical (unpaired) electrons. The van der Waals surface area contributed by atoms with Crippen molar-refractivity contribution in [3.05, 3.63) is 65.0 Å².